The molecule has 7 heteroatoms. The normalized spacial score (nSPS) is 10.6. The van der Waals surface area contributed by atoms with Crippen LogP contribution >= 0.6 is 23.2 Å². The Bertz CT molecular complexity index is 657. The summed E-state index contributed by atoms with van der Waals surface area (Å²) in [5.41, 5.74) is 5.04. The van der Waals surface area contributed by atoms with Crippen molar-refractivity contribution in [1.82, 2.24) is 9.55 Å². The van der Waals surface area contributed by atoms with Gasteiger partial charge in [0.15, 0.2) is 5.15 Å². The van der Waals surface area contributed by atoms with Crippen LogP contribution in [0, 0.1) is 5.82 Å². The minimum absolute atomic E-state index is 0.00422. The highest BCUT2D eigenvalue weighted by Gasteiger charge is 2.10. The number of benzene rings is 1. The molecule has 0 saturated carbocycles. The first-order valence-electron chi connectivity index (χ1n) is 4.94. The molecular weight excluding hydrogens is 280 g/mol. The molecule has 2 rings (SSSR count). The highest BCUT2D eigenvalue weighted by Crippen LogP contribution is 2.18. The molecule has 2 aromatic rings. The Morgan fingerprint density at radius 3 is 2.83 bits per heavy atom. The maximum atomic E-state index is 13.7. The van der Waals surface area contributed by atoms with E-state index in [1.807, 2.05) is 0 Å². The van der Waals surface area contributed by atoms with E-state index in [2.05, 4.69) is 4.98 Å². The fourth-order valence-electron chi connectivity index (χ4n) is 1.45. The average molecular weight is 288 g/mol. The first kappa shape index (κ1) is 12.9. The molecule has 0 unspecified atom stereocenters. The van der Waals surface area contributed by atoms with Crippen LogP contribution in [0.15, 0.2) is 29.3 Å². The smallest absolute Gasteiger partial charge is 0.278 e. The van der Waals surface area contributed by atoms with Crippen molar-refractivity contribution in [3.8, 4) is 0 Å². The minimum atomic E-state index is -0.570. The molecule has 0 fully saturated rings. The summed E-state index contributed by atoms with van der Waals surface area (Å²) in [7, 11) is 0. The van der Waals surface area contributed by atoms with Gasteiger partial charge in [-0.25, -0.2) is 9.37 Å². The molecule has 0 aliphatic rings. The van der Waals surface area contributed by atoms with Gasteiger partial charge >= 0.3 is 0 Å². The minimum Gasteiger partial charge on any atom is -0.392 e. The van der Waals surface area contributed by atoms with Gasteiger partial charge in [0.2, 0.25) is 0 Å². The molecular formula is C11H8Cl2FN3O. The summed E-state index contributed by atoms with van der Waals surface area (Å²) < 4.78 is 14.8. The Kier molecular flexibility index (Phi) is 3.54. The molecule has 94 valence electrons. The zero-order valence-corrected chi connectivity index (χ0v) is 10.5. The second kappa shape index (κ2) is 4.96. The fourth-order valence-corrected chi connectivity index (χ4v) is 1.77. The number of aromatic nitrogens is 2. The van der Waals surface area contributed by atoms with Crippen LogP contribution in [-0.4, -0.2) is 9.55 Å². The lowest BCUT2D eigenvalue weighted by atomic mass is 10.2. The number of nitrogens with two attached hydrogens (primary N) is 1. The van der Waals surface area contributed by atoms with Gasteiger partial charge in [0, 0.05) is 5.56 Å². The number of hydrogen-bond acceptors (Lipinski definition) is 3. The Labute approximate surface area is 112 Å². The summed E-state index contributed by atoms with van der Waals surface area (Å²) >= 11 is 11.3. The Morgan fingerprint density at radius 2 is 2.11 bits per heavy atom. The maximum absolute atomic E-state index is 13.7. The molecule has 0 atom stereocenters. The van der Waals surface area contributed by atoms with Gasteiger partial charge in [-0.3, -0.25) is 9.36 Å². The molecule has 4 nitrogen and oxygen atoms in total. The lowest BCUT2D eigenvalue weighted by Crippen LogP contribution is -2.24. The monoisotopic (exact) mass is 287 g/mol. The zero-order chi connectivity index (χ0) is 13.3. The predicted octanol–water partition coefficient (Wildman–Crippen LogP) is 2.32. The van der Waals surface area contributed by atoms with Gasteiger partial charge in [-0.1, -0.05) is 35.3 Å². The summed E-state index contributed by atoms with van der Waals surface area (Å²) in [5.74, 6) is -0.570. The van der Waals surface area contributed by atoms with Crippen molar-refractivity contribution >= 4 is 28.9 Å². The second-order valence-electron chi connectivity index (χ2n) is 3.60. The fraction of sp³-hybridized carbons (Fsp3) is 0.0909. The second-order valence-corrected chi connectivity index (χ2v) is 4.36. The van der Waals surface area contributed by atoms with Crippen LogP contribution in [0.25, 0.3) is 0 Å². The van der Waals surface area contributed by atoms with Gasteiger partial charge in [-0.2, -0.15) is 0 Å². The summed E-state index contributed by atoms with van der Waals surface area (Å²) in [6, 6.07) is 4.55. The van der Waals surface area contributed by atoms with Crippen LogP contribution in [-0.2, 0) is 6.54 Å². The van der Waals surface area contributed by atoms with Crippen LogP contribution < -0.4 is 11.3 Å². The highest BCUT2D eigenvalue weighted by molar-refractivity contribution is 6.31. The highest BCUT2D eigenvalue weighted by atomic mass is 35.5. The van der Waals surface area contributed by atoms with Crippen LogP contribution in [0.3, 0.4) is 0 Å². The number of hydrogen-bond donors (Lipinski definition) is 1. The van der Waals surface area contributed by atoms with Crippen LogP contribution in [0.2, 0.25) is 10.2 Å². The Balaban J connectivity index is 2.44. The summed E-state index contributed by atoms with van der Waals surface area (Å²) in [4.78, 5) is 15.5. The third-order valence-corrected chi connectivity index (χ3v) is 2.99. The number of nitrogens with zero attached hydrogens (tertiary/aromatic N) is 2. The third-order valence-electron chi connectivity index (χ3n) is 2.40. The van der Waals surface area contributed by atoms with E-state index < -0.39 is 11.4 Å². The number of halogens is 3. The van der Waals surface area contributed by atoms with E-state index in [0.29, 0.717) is 0 Å². The molecule has 0 aliphatic carbocycles. The first-order valence-corrected chi connectivity index (χ1v) is 5.69. The lowest BCUT2D eigenvalue weighted by Gasteiger charge is -2.08. The summed E-state index contributed by atoms with van der Waals surface area (Å²) in [6.45, 7) is -0.0143. The molecule has 0 amide bonds. The molecule has 0 spiro atoms. The quantitative estimate of drug-likeness (QED) is 0.863. The van der Waals surface area contributed by atoms with Crippen molar-refractivity contribution in [1.29, 1.82) is 0 Å². The van der Waals surface area contributed by atoms with Crippen LogP contribution in [0.1, 0.15) is 5.56 Å². The van der Waals surface area contributed by atoms with Gasteiger partial charge in [-0.15, -0.1) is 0 Å². The van der Waals surface area contributed by atoms with E-state index in [1.165, 1.54) is 18.5 Å². The largest absolute Gasteiger partial charge is 0.392 e. The van der Waals surface area contributed by atoms with Gasteiger partial charge in [-0.05, 0) is 6.07 Å². The van der Waals surface area contributed by atoms with E-state index in [4.69, 9.17) is 28.9 Å². The topological polar surface area (TPSA) is 60.9 Å². The molecule has 0 aliphatic heterocycles. The SMILES string of the molecule is Nc1c(Cl)ncn(Cc2cccc(Cl)c2F)c1=O. The van der Waals surface area contributed by atoms with Crippen molar-refractivity contribution in [2.45, 2.75) is 6.54 Å². The third kappa shape index (κ3) is 2.32. The number of rotatable bonds is 2. The van der Waals surface area contributed by atoms with Crippen molar-refractivity contribution in [2.75, 3.05) is 5.73 Å². The van der Waals surface area contributed by atoms with Crippen molar-refractivity contribution in [3.05, 3.63) is 56.4 Å². The number of nitrogen functional groups attached to an aromatic ring is 1. The van der Waals surface area contributed by atoms with E-state index >= 15 is 0 Å². The maximum Gasteiger partial charge on any atom is 0.278 e. The lowest BCUT2D eigenvalue weighted by molar-refractivity contribution is 0.595. The molecule has 0 radical (unpaired) electrons. The van der Waals surface area contributed by atoms with Crippen LogP contribution in [0.5, 0.6) is 0 Å². The Hall–Kier alpha value is -1.59. The molecule has 2 N–H and O–H groups in total. The van der Waals surface area contributed by atoms with Gasteiger partial charge < -0.3 is 5.73 Å². The summed E-state index contributed by atoms with van der Waals surface area (Å²) in [5, 5.41) is -0.0711. The molecule has 1 heterocycles. The summed E-state index contributed by atoms with van der Waals surface area (Å²) in [6.07, 6.45) is 1.21. The molecule has 18 heavy (non-hydrogen) atoms. The van der Waals surface area contributed by atoms with Crippen molar-refractivity contribution in [2.24, 2.45) is 0 Å². The van der Waals surface area contributed by atoms with E-state index in [1.54, 1.807) is 6.07 Å². The Morgan fingerprint density at radius 1 is 1.39 bits per heavy atom. The van der Waals surface area contributed by atoms with E-state index in [9.17, 15) is 9.18 Å². The van der Waals surface area contributed by atoms with Gasteiger partial charge in [0.25, 0.3) is 5.56 Å². The predicted molar refractivity (Wildman–Crippen MR) is 68.4 cm³/mol. The molecule has 0 saturated heterocycles. The van der Waals surface area contributed by atoms with Gasteiger partial charge in [0.1, 0.15) is 11.5 Å². The zero-order valence-electron chi connectivity index (χ0n) is 9.03. The standard InChI is InChI=1S/C11H8Cl2FN3O/c12-7-3-1-2-6(8(7)14)4-17-5-16-10(13)9(15)11(17)18/h1-3,5H,4,15H2. The molecule has 0 bridgehead atoms. The average Bonchev–Trinajstić information content (AvgIpc) is 2.35. The molecule has 1 aromatic heterocycles. The molecule has 1 aromatic carbocycles. The van der Waals surface area contributed by atoms with Crippen LogP contribution in [0.4, 0.5) is 10.1 Å². The van der Waals surface area contributed by atoms with Gasteiger partial charge in [0.05, 0.1) is 17.9 Å². The van der Waals surface area contributed by atoms with Crippen molar-refractivity contribution < 1.29 is 4.39 Å². The van der Waals surface area contributed by atoms with E-state index in [-0.39, 0.29) is 28.0 Å². The van der Waals surface area contributed by atoms with Crippen molar-refractivity contribution in [3.63, 3.8) is 0 Å². The number of anilines is 1. The first-order chi connectivity index (χ1) is 8.50. The van der Waals surface area contributed by atoms with E-state index in [0.717, 1.165) is 4.57 Å².